The van der Waals surface area contributed by atoms with Gasteiger partial charge in [0.15, 0.2) is 5.13 Å². The molecule has 0 aliphatic heterocycles. The molecule has 1 aliphatic rings. The van der Waals surface area contributed by atoms with Gasteiger partial charge in [-0.15, -0.1) is 0 Å². The van der Waals surface area contributed by atoms with E-state index in [1.807, 2.05) is 18.2 Å². The number of nitrogens with zero attached hydrogens (tertiary/aromatic N) is 4. The van der Waals surface area contributed by atoms with Crippen molar-refractivity contribution in [2.24, 2.45) is 0 Å². The van der Waals surface area contributed by atoms with Crippen LogP contribution in [-0.4, -0.2) is 24.6 Å². The molecule has 1 heterocycles. The molecular weight excluding hydrogens is 672 g/mol. The highest BCUT2D eigenvalue weighted by molar-refractivity contribution is 7.16. The lowest BCUT2D eigenvalue weighted by Crippen LogP contribution is -2.21. The van der Waals surface area contributed by atoms with Gasteiger partial charge >= 0.3 is 0 Å². The molecule has 4 nitrogen and oxygen atoms in total. The Kier molecular flexibility index (Phi) is 11.2. The summed E-state index contributed by atoms with van der Waals surface area (Å²) in [5, 5.41) is 0.850. The first-order chi connectivity index (χ1) is 26.0. The van der Waals surface area contributed by atoms with Crippen molar-refractivity contribution >= 4 is 39.2 Å². The van der Waals surface area contributed by atoms with Crippen molar-refractivity contribution in [2.45, 2.75) is 46.5 Å². The van der Waals surface area contributed by atoms with Crippen molar-refractivity contribution in [3.05, 3.63) is 179 Å². The maximum absolute atomic E-state index is 15.8. The molecule has 268 valence electrons. The minimum Gasteiger partial charge on any atom is -0.342 e. The summed E-state index contributed by atoms with van der Waals surface area (Å²) in [6, 6.07) is 43.8. The Morgan fingerprint density at radius 1 is 0.642 bits per heavy atom. The lowest BCUT2D eigenvalue weighted by atomic mass is 9.87. The predicted octanol–water partition coefficient (Wildman–Crippen LogP) is 12.8. The van der Waals surface area contributed by atoms with E-state index in [2.05, 4.69) is 158 Å². The van der Waals surface area contributed by atoms with Crippen molar-refractivity contribution in [2.75, 3.05) is 34.3 Å². The Morgan fingerprint density at radius 2 is 1.23 bits per heavy atom. The monoisotopic (exact) mass is 718 g/mol. The molecule has 5 aromatic carbocycles. The van der Waals surface area contributed by atoms with E-state index in [0.29, 0.717) is 11.3 Å². The average molecular weight is 719 g/mol. The zero-order valence-corrected chi connectivity index (χ0v) is 31.9. The fraction of sp³-hybridized carbons (Fsp3) is 0.213. The number of aryl methyl sites for hydroxylation is 1. The summed E-state index contributed by atoms with van der Waals surface area (Å²) in [6.45, 7) is 11.1. The number of thiazole rings is 1. The van der Waals surface area contributed by atoms with E-state index in [-0.39, 0.29) is 11.7 Å². The molecule has 0 spiro atoms. The smallest absolute Gasteiger partial charge is 0.190 e. The van der Waals surface area contributed by atoms with Gasteiger partial charge in [-0.3, -0.25) is 0 Å². The Bertz CT molecular complexity index is 2190. The molecule has 6 heteroatoms. The zero-order valence-electron chi connectivity index (χ0n) is 31.0. The number of allylic oxidation sites excluding steroid dienone is 3. The molecule has 0 fully saturated rings. The van der Waals surface area contributed by atoms with Crippen LogP contribution in [0.5, 0.6) is 0 Å². The number of aromatic nitrogens is 1. The van der Waals surface area contributed by atoms with Crippen LogP contribution in [0.3, 0.4) is 0 Å². The van der Waals surface area contributed by atoms with Gasteiger partial charge in [0, 0.05) is 64.4 Å². The molecular formula is C47H47FN4S. The molecule has 53 heavy (non-hydrogen) atoms. The van der Waals surface area contributed by atoms with Crippen molar-refractivity contribution < 1.29 is 4.39 Å². The van der Waals surface area contributed by atoms with Crippen LogP contribution in [-0.2, 0) is 0 Å². The minimum atomic E-state index is -0.275. The summed E-state index contributed by atoms with van der Waals surface area (Å²) < 4.78 is 15.8. The minimum absolute atomic E-state index is 0.190. The van der Waals surface area contributed by atoms with E-state index in [1.54, 1.807) is 17.4 Å². The first kappa shape index (κ1) is 35.9. The van der Waals surface area contributed by atoms with E-state index in [9.17, 15) is 0 Å². The highest BCUT2D eigenvalue weighted by atomic mass is 32.1. The van der Waals surface area contributed by atoms with Gasteiger partial charge in [-0.1, -0.05) is 96.3 Å². The van der Waals surface area contributed by atoms with Crippen LogP contribution in [0.25, 0.3) is 11.3 Å². The van der Waals surface area contributed by atoms with Gasteiger partial charge in [0.2, 0.25) is 0 Å². The van der Waals surface area contributed by atoms with Crippen LogP contribution in [0.1, 0.15) is 61.1 Å². The van der Waals surface area contributed by atoms with Crippen LogP contribution < -0.4 is 14.7 Å². The standard InChI is InChI=1S/C47H47FN4S/c1-5-50(37-19-10-8-11-20-37)39-30-26-35(27-31-39)44(36-28-32-40(33-29-36)51(6-2)38-21-12-9-13-22-38)46-45(41-23-15-16-24-42(41)48)49-47(53-46)52(7-3)43-25-17-14-18-34(43)4/h8,10-12,14-33,44H,5-7,9,13H2,1-4H3. The summed E-state index contributed by atoms with van der Waals surface area (Å²) >= 11 is 1.66. The van der Waals surface area contributed by atoms with Gasteiger partial charge in [-0.25, -0.2) is 9.37 Å². The molecule has 0 saturated heterocycles. The summed E-state index contributed by atoms with van der Waals surface area (Å²) in [7, 11) is 0. The second kappa shape index (κ2) is 16.5. The van der Waals surface area contributed by atoms with Crippen LogP contribution in [0.2, 0.25) is 0 Å². The van der Waals surface area contributed by atoms with E-state index in [0.717, 1.165) is 76.4 Å². The maximum atomic E-state index is 15.8. The van der Waals surface area contributed by atoms with Crippen LogP contribution in [0.15, 0.2) is 151 Å². The predicted molar refractivity (Wildman–Crippen MR) is 224 cm³/mol. The largest absolute Gasteiger partial charge is 0.342 e. The summed E-state index contributed by atoms with van der Waals surface area (Å²) in [6.07, 6.45) is 8.95. The molecule has 1 aromatic heterocycles. The van der Waals surface area contributed by atoms with Crippen molar-refractivity contribution in [3.8, 4) is 11.3 Å². The van der Waals surface area contributed by atoms with Gasteiger partial charge in [-0.05, 0) is 118 Å². The molecule has 6 aromatic rings. The number of rotatable bonds is 13. The van der Waals surface area contributed by atoms with E-state index < -0.39 is 0 Å². The second-order valence-corrected chi connectivity index (χ2v) is 14.3. The molecule has 0 N–H and O–H groups in total. The van der Waals surface area contributed by atoms with E-state index in [1.165, 1.54) is 17.3 Å². The normalized spacial score (nSPS) is 13.0. The lowest BCUT2D eigenvalue weighted by Gasteiger charge is -2.27. The van der Waals surface area contributed by atoms with Crippen molar-refractivity contribution in [3.63, 3.8) is 0 Å². The first-order valence-corrected chi connectivity index (χ1v) is 19.6. The molecule has 0 radical (unpaired) electrons. The molecule has 0 saturated carbocycles. The van der Waals surface area contributed by atoms with Gasteiger partial charge in [0.1, 0.15) is 5.82 Å². The van der Waals surface area contributed by atoms with Crippen LogP contribution in [0.4, 0.5) is 32.3 Å². The fourth-order valence-corrected chi connectivity index (χ4v) is 8.69. The Hall–Kier alpha value is -5.46. The van der Waals surface area contributed by atoms with Crippen molar-refractivity contribution in [1.29, 1.82) is 0 Å². The Morgan fingerprint density at radius 3 is 1.83 bits per heavy atom. The number of hydrogen-bond acceptors (Lipinski definition) is 5. The highest BCUT2D eigenvalue weighted by Gasteiger charge is 2.29. The number of anilines is 5. The Balaban J connectivity index is 1.39. The Labute approximate surface area is 318 Å². The number of benzene rings is 5. The van der Waals surface area contributed by atoms with Gasteiger partial charge in [0.25, 0.3) is 0 Å². The van der Waals surface area contributed by atoms with Gasteiger partial charge < -0.3 is 14.7 Å². The number of para-hydroxylation sites is 2. The summed E-state index contributed by atoms with van der Waals surface area (Å²) in [5.74, 6) is -0.465. The van der Waals surface area contributed by atoms with Gasteiger partial charge in [0.05, 0.1) is 5.69 Å². The fourth-order valence-electron chi connectivity index (χ4n) is 7.38. The third-order valence-corrected chi connectivity index (χ3v) is 11.2. The van der Waals surface area contributed by atoms with Crippen LogP contribution in [0, 0.1) is 12.7 Å². The van der Waals surface area contributed by atoms with E-state index >= 15 is 4.39 Å². The lowest BCUT2D eigenvalue weighted by molar-refractivity contribution is 0.630. The second-order valence-electron chi connectivity index (χ2n) is 13.3. The van der Waals surface area contributed by atoms with Crippen LogP contribution >= 0.6 is 11.3 Å². The number of likely N-dealkylation sites (N-methyl/N-ethyl adjacent to an activating group) is 1. The van der Waals surface area contributed by atoms with E-state index in [4.69, 9.17) is 4.98 Å². The SMILES string of the molecule is CCN(C1=CCCC=C1)c1ccc(C(c2ccc(N(CC)c3ccccc3)cc2)c2sc(N(CC)c3ccccc3C)nc2-c2ccccc2F)cc1. The van der Waals surface area contributed by atoms with Crippen molar-refractivity contribution in [1.82, 2.24) is 4.98 Å². The number of halogens is 1. The highest BCUT2D eigenvalue weighted by Crippen LogP contribution is 2.46. The first-order valence-electron chi connectivity index (χ1n) is 18.8. The summed E-state index contributed by atoms with van der Waals surface area (Å²) in [4.78, 5) is 13.2. The molecule has 7 rings (SSSR count). The maximum Gasteiger partial charge on any atom is 0.190 e. The third-order valence-electron chi connectivity index (χ3n) is 10.1. The molecule has 1 unspecified atom stereocenters. The average Bonchev–Trinajstić information content (AvgIpc) is 3.62. The third kappa shape index (κ3) is 7.56. The van der Waals surface area contributed by atoms with Gasteiger partial charge in [-0.2, -0.15) is 0 Å². The quantitative estimate of drug-likeness (QED) is 0.119. The topological polar surface area (TPSA) is 22.6 Å². The summed E-state index contributed by atoms with van der Waals surface area (Å²) in [5.41, 5.74) is 10.4. The molecule has 1 aliphatic carbocycles. The molecule has 1 atom stereocenters. The number of hydrogen-bond donors (Lipinski definition) is 0. The molecule has 0 bridgehead atoms. The zero-order chi connectivity index (χ0) is 36.7. The molecule has 0 amide bonds.